The zero-order valence-corrected chi connectivity index (χ0v) is 14.8. The van der Waals surface area contributed by atoms with Gasteiger partial charge >= 0.3 is 0 Å². The van der Waals surface area contributed by atoms with Crippen LogP contribution >= 0.6 is 0 Å². The van der Waals surface area contributed by atoms with Crippen LogP contribution in [0.25, 0.3) is 0 Å². The van der Waals surface area contributed by atoms with Gasteiger partial charge in [0.15, 0.2) is 0 Å². The van der Waals surface area contributed by atoms with Crippen LogP contribution in [0.15, 0.2) is 18.2 Å². The third-order valence-corrected chi connectivity index (χ3v) is 4.56. The molecule has 1 fully saturated rings. The van der Waals surface area contributed by atoms with Crippen LogP contribution in [0.3, 0.4) is 0 Å². The van der Waals surface area contributed by atoms with Crippen molar-refractivity contribution in [3.8, 4) is 0 Å². The van der Waals surface area contributed by atoms with E-state index in [9.17, 15) is 14.3 Å². The lowest BCUT2D eigenvalue weighted by molar-refractivity contribution is -0.129. The minimum Gasteiger partial charge on any atom is -0.387 e. The van der Waals surface area contributed by atoms with Crippen LogP contribution in [0, 0.1) is 12.7 Å². The number of carbonyl (C=O) groups is 1. The summed E-state index contributed by atoms with van der Waals surface area (Å²) in [7, 11) is 3.54. The van der Waals surface area contributed by atoms with E-state index in [0.717, 1.165) is 43.7 Å². The number of carbonyl (C=O) groups excluding carboxylic acids is 1. The van der Waals surface area contributed by atoms with Gasteiger partial charge in [-0.2, -0.15) is 0 Å². The second kappa shape index (κ2) is 8.55. The number of benzene rings is 1. The van der Waals surface area contributed by atoms with Crippen molar-refractivity contribution in [2.75, 3.05) is 53.4 Å². The van der Waals surface area contributed by atoms with Crippen molar-refractivity contribution in [3.63, 3.8) is 0 Å². The Bertz CT molecular complexity index is 565. The fourth-order valence-electron chi connectivity index (χ4n) is 3.05. The molecule has 6 heteroatoms. The van der Waals surface area contributed by atoms with E-state index < -0.39 is 6.10 Å². The van der Waals surface area contributed by atoms with Crippen LogP contribution in [-0.4, -0.2) is 79.1 Å². The lowest BCUT2D eigenvalue weighted by Gasteiger charge is -2.25. The van der Waals surface area contributed by atoms with Gasteiger partial charge in [0.25, 0.3) is 0 Å². The monoisotopic (exact) mass is 337 g/mol. The summed E-state index contributed by atoms with van der Waals surface area (Å²) >= 11 is 0. The van der Waals surface area contributed by atoms with Gasteiger partial charge < -0.3 is 10.0 Å². The van der Waals surface area contributed by atoms with Gasteiger partial charge in [-0.3, -0.25) is 14.6 Å². The molecule has 1 amide bonds. The molecule has 24 heavy (non-hydrogen) atoms. The maximum atomic E-state index is 13.2. The first-order chi connectivity index (χ1) is 11.4. The van der Waals surface area contributed by atoms with Gasteiger partial charge in [-0.1, -0.05) is 6.07 Å². The first kappa shape index (κ1) is 18.8. The van der Waals surface area contributed by atoms with E-state index in [1.54, 1.807) is 25.1 Å². The molecule has 1 aliphatic rings. The average Bonchev–Trinajstić information content (AvgIpc) is 2.72. The molecule has 1 heterocycles. The summed E-state index contributed by atoms with van der Waals surface area (Å²) in [6.07, 6.45) is 0.344. The number of aliphatic hydroxyl groups excluding tert-OH is 1. The Labute approximate surface area is 143 Å². The highest BCUT2D eigenvalue weighted by atomic mass is 19.1. The Balaban J connectivity index is 1.88. The van der Waals surface area contributed by atoms with Gasteiger partial charge in [-0.25, -0.2) is 4.39 Å². The van der Waals surface area contributed by atoms with Crippen LogP contribution in [-0.2, 0) is 4.79 Å². The number of β-amino-alcohol motifs (C(OH)–C–C–N with tert-alkyl or cyclic N) is 1. The smallest absolute Gasteiger partial charge is 0.236 e. The molecule has 5 nitrogen and oxygen atoms in total. The lowest BCUT2D eigenvalue weighted by Crippen LogP contribution is -2.39. The van der Waals surface area contributed by atoms with E-state index in [1.165, 1.54) is 12.1 Å². The van der Waals surface area contributed by atoms with Gasteiger partial charge in [0.05, 0.1) is 12.6 Å². The molecule has 0 spiro atoms. The standard InChI is InChI=1S/C18H28FN3O2/c1-14-11-15(19)5-6-16(14)17(23)12-21-7-4-8-22(10-9-21)13-18(24)20(2)3/h5-6,11,17,23H,4,7-10,12-13H2,1-3H3. The van der Waals surface area contributed by atoms with E-state index in [4.69, 9.17) is 0 Å². The van der Waals surface area contributed by atoms with Gasteiger partial charge in [0.2, 0.25) is 5.91 Å². The first-order valence-electron chi connectivity index (χ1n) is 8.46. The van der Waals surface area contributed by atoms with Crippen molar-refractivity contribution in [1.82, 2.24) is 14.7 Å². The molecule has 0 radical (unpaired) electrons. The molecule has 0 saturated carbocycles. The van der Waals surface area contributed by atoms with E-state index in [-0.39, 0.29) is 11.7 Å². The minimum atomic E-state index is -0.624. The molecule has 134 valence electrons. The Hall–Kier alpha value is -1.50. The molecule has 0 aliphatic carbocycles. The van der Waals surface area contributed by atoms with E-state index >= 15 is 0 Å². The molecule has 1 unspecified atom stereocenters. The van der Waals surface area contributed by atoms with Crippen LogP contribution in [0.5, 0.6) is 0 Å². The van der Waals surface area contributed by atoms with Gasteiger partial charge in [-0.05, 0) is 49.7 Å². The fourth-order valence-corrected chi connectivity index (χ4v) is 3.05. The normalized spacial score (nSPS) is 18.2. The zero-order valence-electron chi connectivity index (χ0n) is 14.8. The molecule has 1 aromatic rings. The number of amides is 1. The van der Waals surface area contributed by atoms with Gasteiger partial charge in [0.1, 0.15) is 5.82 Å². The first-order valence-corrected chi connectivity index (χ1v) is 8.46. The van der Waals surface area contributed by atoms with Gasteiger partial charge in [-0.15, -0.1) is 0 Å². The second-order valence-corrected chi connectivity index (χ2v) is 6.74. The van der Waals surface area contributed by atoms with Crippen molar-refractivity contribution in [3.05, 3.63) is 35.1 Å². The molecule has 1 saturated heterocycles. The molecule has 1 atom stereocenters. The van der Waals surface area contributed by atoms with Crippen LogP contribution < -0.4 is 0 Å². The molecule has 1 N–H and O–H groups in total. The van der Waals surface area contributed by atoms with Crippen LogP contribution in [0.2, 0.25) is 0 Å². The van der Waals surface area contributed by atoms with Crippen molar-refractivity contribution >= 4 is 5.91 Å². The predicted octanol–water partition coefficient (Wildman–Crippen LogP) is 1.26. The van der Waals surface area contributed by atoms with E-state index in [1.807, 2.05) is 6.92 Å². The van der Waals surface area contributed by atoms with Crippen molar-refractivity contribution in [1.29, 1.82) is 0 Å². The summed E-state index contributed by atoms with van der Waals surface area (Å²) in [5.41, 5.74) is 1.55. The number of aryl methyl sites for hydroxylation is 1. The second-order valence-electron chi connectivity index (χ2n) is 6.74. The highest BCUT2D eigenvalue weighted by Crippen LogP contribution is 2.20. The predicted molar refractivity (Wildman–Crippen MR) is 92.3 cm³/mol. The number of aliphatic hydroxyl groups is 1. The molecule has 1 aliphatic heterocycles. The molecular formula is C18H28FN3O2. The van der Waals surface area contributed by atoms with Crippen molar-refractivity contribution in [2.24, 2.45) is 0 Å². The third kappa shape index (κ3) is 5.26. The number of halogens is 1. The lowest BCUT2D eigenvalue weighted by atomic mass is 10.0. The Morgan fingerprint density at radius 3 is 2.58 bits per heavy atom. The zero-order chi connectivity index (χ0) is 17.7. The molecule has 2 rings (SSSR count). The Kier molecular flexibility index (Phi) is 6.71. The summed E-state index contributed by atoms with van der Waals surface area (Å²) in [4.78, 5) is 17.8. The SMILES string of the molecule is Cc1cc(F)ccc1C(O)CN1CCCN(CC(=O)N(C)C)CC1. The fraction of sp³-hybridized carbons (Fsp3) is 0.611. The average molecular weight is 337 g/mol. The quantitative estimate of drug-likeness (QED) is 0.879. The number of hydrogen-bond donors (Lipinski definition) is 1. The van der Waals surface area contributed by atoms with Crippen molar-refractivity contribution in [2.45, 2.75) is 19.4 Å². The maximum Gasteiger partial charge on any atom is 0.236 e. The number of likely N-dealkylation sites (N-methyl/N-ethyl adjacent to an activating group) is 1. The Morgan fingerprint density at radius 1 is 1.25 bits per heavy atom. The summed E-state index contributed by atoms with van der Waals surface area (Å²) in [5.74, 6) is -0.162. The summed E-state index contributed by atoms with van der Waals surface area (Å²) in [5, 5.41) is 10.5. The summed E-state index contributed by atoms with van der Waals surface area (Å²) < 4.78 is 13.2. The molecule has 0 bridgehead atoms. The number of rotatable bonds is 5. The van der Waals surface area contributed by atoms with Gasteiger partial charge in [0, 0.05) is 33.7 Å². The number of hydrogen-bond acceptors (Lipinski definition) is 4. The maximum absolute atomic E-state index is 13.2. The highest BCUT2D eigenvalue weighted by Gasteiger charge is 2.20. The van der Waals surface area contributed by atoms with Crippen LogP contribution in [0.1, 0.15) is 23.7 Å². The molecule has 1 aromatic carbocycles. The third-order valence-electron chi connectivity index (χ3n) is 4.56. The van der Waals surface area contributed by atoms with E-state index in [0.29, 0.717) is 13.1 Å². The molecule has 0 aromatic heterocycles. The van der Waals surface area contributed by atoms with Crippen LogP contribution in [0.4, 0.5) is 4.39 Å². The van der Waals surface area contributed by atoms with Crippen molar-refractivity contribution < 1.29 is 14.3 Å². The largest absolute Gasteiger partial charge is 0.387 e. The molecular weight excluding hydrogens is 309 g/mol. The van der Waals surface area contributed by atoms with E-state index in [2.05, 4.69) is 9.80 Å². The topological polar surface area (TPSA) is 47.0 Å². The number of nitrogens with zero attached hydrogens (tertiary/aromatic N) is 3. The minimum absolute atomic E-state index is 0.116. The Morgan fingerprint density at radius 2 is 1.92 bits per heavy atom. The summed E-state index contributed by atoms with van der Waals surface area (Å²) in [6, 6.07) is 4.51. The summed E-state index contributed by atoms with van der Waals surface area (Å²) in [6.45, 7) is 6.21. The highest BCUT2D eigenvalue weighted by molar-refractivity contribution is 5.77.